The van der Waals surface area contributed by atoms with Gasteiger partial charge >= 0.3 is 4.87 Å². The van der Waals surface area contributed by atoms with Crippen LogP contribution in [0.15, 0.2) is 33.3 Å². The fraction of sp³-hybridized carbons (Fsp3) is 0.444. The molecule has 1 amide bonds. The van der Waals surface area contributed by atoms with E-state index in [1.807, 2.05) is 43.1 Å². The van der Waals surface area contributed by atoms with Crippen molar-refractivity contribution in [2.24, 2.45) is 0 Å². The van der Waals surface area contributed by atoms with Crippen molar-refractivity contribution in [2.45, 2.75) is 57.2 Å². The molecule has 0 bridgehead atoms. The molecule has 4 nitrogen and oxygen atoms in total. The summed E-state index contributed by atoms with van der Waals surface area (Å²) in [7, 11) is 0. The van der Waals surface area contributed by atoms with Crippen LogP contribution in [0.25, 0.3) is 0 Å². The minimum absolute atomic E-state index is 0.0112. The minimum Gasteiger partial charge on any atom is -0.326 e. The largest absolute Gasteiger partial charge is 0.326 e. The van der Waals surface area contributed by atoms with Crippen molar-refractivity contribution in [3.63, 3.8) is 0 Å². The topological polar surface area (TPSA) is 51.1 Å². The Morgan fingerprint density at radius 2 is 2.12 bits per heavy atom. The second kappa shape index (κ2) is 8.53. The van der Waals surface area contributed by atoms with Crippen molar-refractivity contribution in [3.8, 4) is 0 Å². The zero-order chi connectivity index (χ0) is 17.7. The van der Waals surface area contributed by atoms with Crippen molar-refractivity contribution in [1.82, 2.24) is 4.57 Å². The number of nitrogens with one attached hydrogen (secondary N) is 1. The first-order valence-corrected chi connectivity index (χ1v) is 9.88. The van der Waals surface area contributed by atoms with E-state index in [2.05, 4.69) is 25.2 Å². The highest BCUT2D eigenvalue weighted by Crippen LogP contribution is 2.28. The number of rotatable bonds is 7. The molecule has 2 aromatic rings. The lowest BCUT2D eigenvalue weighted by Crippen LogP contribution is -2.20. The fourth-order valence-electron chi connectivity index (χ4n) is 2.27. The molecule has 1 heterocycles. The van der Waals surface area contributed by atoms with Crippen molar-refractivity contribution < 1.29 is 4.79 Å². The first-order valence-electron chi connectivity index (χ1n) is 8.12. The van der Waals surface area contributed by atoms with Crippen LogP contribution in [0.4, 0.5) is 5.69 Å². The number of carbonyl (C=O) groups is 1. The number of hydrogen-bond acceptors (Lipinski definition) is 4. The molecule has 0 saturated carbocycles. The smallest absolute Gasteiger partial charge is 0.307 e. The highest BCUT2D eigenvalue weighted by molar-refractivity contribution is 7.99. The lowest BCUT2D eigenvalue weighted by Gasteiger charge is -2.12. The molecule has 0 aliphatic rings. The summed E-state index contributed by atoms with van der Waals surface area (Å²) in [6.07, 6.45) is 1.42. The highest BCUT2D eigenvalue weighted by Gasteiger charge is 2.09. The Labute approximate surface area is 151 Å². The van der Waals surface area contributed by atoms with E-state index in [-0.39, 0.29) is 10.8 Å². The first-order chi connectivity index (χ1) is 11.4. The van der Waals surface area contributed by atoms with Crippen LogP contribution in [0.5, 0.6) is 0 Å². The molecule has 0 spiro atoms. The van der Waals surface area contributed by atoms with E-state index >= 15 is 0 Å². The lowest BCUT2D eigenvalue weighted by atomic mass is 10.2. The molecule has 1 aromatic carbocycles. The molecule has 0 aliphatic heterocycles. The maximum absolute atomic E-state index is 12.2. The van der Waals surface area contributed by atoms with E-state index in [0.717, 1.165) is 23.4 Å². The predicted octanol–water partition coefficient (Wildman–Crippen LogP) is 4.45. The Bertz CT molecular complexity index is 765. The van der Waals surface area contributed by atoms with E-state index < -0.39 is 0 Å². The zero-order valence-electron chi connectivity index (χ0n) is 14.6. The number of anilines is 1. The molecule has 1 N–H and O–H groups in total. The Morgan fingerprint density at radius 1 is 1.38 bits per heavy atom. The van der Waals surface area contributed by atoms with Crippen LogP contribution in [0.1, 0.15) is 37.9 Å². The maximum atomic E-state index is 12.2. The van der Waals surface area contributed by atoms with Gasteiger partial charge in [-0.05, 0) is 44.0 Å². The van der Waals surface area contributed by atoms with E-state index in [1.54, 1.807) is 4.57 Å². The molecule has 2 rings (SSSR count). The van der Waals surface area contributed by atoms with Crippen molar-refractivity contribution >= 4 is 34.7 Å². The summed E-state index contributed by atoms with van der Waals surface area (Å²) in [4.78, 5) is 25.0. The molecule has 130 valence electrons. The number of thioether (sulfide) groups is 1. The van der Waals surface area contributed by atoms with Crippen LogP contribution in [-0.2, 0) is 11.3 Å². The minimum atomic E-state index is -0.0714. The molecule has 6 heteroatoms. The fourth-order valence-corrected chi connectivity index (χ4v) is 4.05. The van der Waals surface area contributed by atoms with Gasteiger partial charge < -0.3 is 9.88 Å². The van der Waals surface area contributed by atoms with Gasteiger partial charge in [-0.3, -0.25) is 9.59 Å². The van der Waals surface area contributed by atoms with Crippen molar-refractivity contribution in [2.75, 3.05) is 5.32 Å². The van der Waals surface area contributed by atoms with Crippen LogP contribution >= 0.6 is 23.1 Å². The van der Waals surface area contributed by atoms with Gasteiger partial charge in [-0.1, -0.05) is 25.2 Å². The summed E-state index contributed by atoms with van der Waals surface area (Å²) >= 11 is 3.02. The Morgan fingerprint density at radius 3 is 2.71 bits per heavy atom. The van der Waals surface area contributed by atoms with Gasteiger partial charge in [-0.2, -0.15) is 0 Å². The Balaban J connectivity index is 1.95. The number of nitrogens with zero attached hydrogens (tertiary/aromatic N) is 1. The number of aromatic nitrogens is 1. The molecule has 24 heavy (non-hydrogen) atoms. The molecule has 1 atom stereocenters. The number of amides is 1. The molecule has 0 radical (unpaired) electrons. The predicted molar refractivity (Wildman–Crippen MR) is 103 cm³/mol. The van der Waals surface area contributed by atoms with Gasteiger partial charge in [0, 0.05) is 39.9 Å². The second-order valence-electron chi connectivity index (χ2n) is 5.91. The number of benzene rings is 1. The Kier molecular flexibility index (Phi) is 6.69. The van der Waals surface area contributed by atoms with Crippen LogP contribution in [-0.4, -0.2) is 15.7 Å². The lowest BCUT2D eigenvalue weighted by molar-refractivity contribution is -0.116. The third kappa shape index (κ3) is 4.98. The van der Waals surface area contributed by atoms with Gasteiger partial charge in [0.1, 0.15) is 0 Å². The number of aryl methyl sites for hydroxylation is 2. The maximum Gasteiger partial charge on any atom is 0.307 e. The van der Waals surface area contributed by atoms with E-state index in [1.165, 1.54) is 16.2 Å². The van der Waals surface area contributed by atoms with Crippen molar-refractivity contribution in [3.05, 3.63) is 44.5 Å². The van der Waals surface area contributed by atoms with Gasteiger partial charge in [0.25, 0.3) is 0 Å². The van der Waals surface area contributed by atoms with Crippen LogP contribution in [0.2, 0.25) is 0 Å². The molecular weight excluding hydrogens is 340 g/mol. The zero-order valence-corrected chi connectivity index (χ0v) is 16.2. The normalized spacial score (nSPS) is 12.2. The molecule has 0 saturated heterocycles. The van der Waals surface area contributed by atoms with E-state index in [4.69, 9.17) is 0 Å². The van der Waals surface area contributed by atoms with Crippen molar-refractivity contribution in [1.29, 1.82) is 0 Å². The number of thiazole rings is 1. The summed E-state index contributed by atoms with van der Waals surface area (Å²) < 4.78 is 1.64. The Hall–Kier alpha value is -1.53. The molecular formula is C18H24N2O2S2. The third-order valence-electron chi connectivity index (χ3n) is 3.92. The van der Waals surface area contributed by atoms with E-state index in [9.17, 15) is 9.59 Å². The van der Waals surface area contributed by atoms with Gasteiger partial charge in [-0.25, -0.2) is 0 Å². The third-order valence-corrected chi connectivity index (χ3v) is 6.07. The number of carbonyl (C=O) groups excluding carboxylic acids is 1. The first kappa shape index (κ1) is 18.8. The van der Waals surface area contributed by atoms with Crippen LogP contribution in [0.3, 0.4) is 0 Å². The van der Waals surface area contributed by atoms with Gasteiger partial charge in [0.05, 0.1) is 0 Å². The SMILES string of the molecule is CCC(C)Sc1ccc(NC(=O)CCn2c(C)csc2=O)c(C)c1. The summed E-state index contributed by atoms with van der Waals surface area (Å²) in [5.41, 5.74) is 2.80. The molecule has 1 unspecified atom stereocenters. The van der Waals surface area contributed by atoms with Gasteiger partial charge in [0.15, 0.2) is 0 Å². The average molecular weight is 365 g/mol. The average Bonchev–Trinajstić information content (AvgIpc) is 2.86. The quantitative estimate of drug-likeness (QED) is 0.739. The van der Waals surface area contributed by atoms with Crippen LogP contribution < -0.4 is 10.2 Å². The van der Waals surface area contributed by atoms with Gasteiger partial charge in [0.2, 0.25) is 5.91 Å². The monoisotopic (exact) mass is 364 g/mol. The summed E-state index contributed by atoms with van der Waals surface area (Å²) in [6, 6.07) is 6.12. The summed E-state index contributed by atoms with van der Waals surface area (Å²) in [5.74, 6) is -0.0714. The number of hydrogen-bond donors (Lipinski definition) is 1. The second-order valence-corrected chi connectivity index (χ2v) is 8.24. The van der Waals surface area contributed by atoms with E-state index in [0.29, 0.717) is 18.2 Å². The highest BCUT2D eigenvalue weighted by atomic mass is 32.2. The summed E-state index contributed by atoms with van der Waals surface area (Å²) in [5, 5.41) is 5.34. The molecule has 0 fully saturated rings. The summed E-state index contributed by atoms with van der Waals surface area (Å²) in [6.45, 7) is 8.70. The van der Waals surface area contributed by atoms with Crippen LogP contribution in [0, 0.1) is 13.8 Å². The molecule has 1 aromatic heterocycles. The molecule has 0 aliphatic carbocycles. The van der Waals surface area contributed by atoms with Gasteiger partial charge in [-0.15, -0.1) is 11.8 Å². The standard InChI is InChI=1S/C18H24N2O2S2/c1-5-14(4)24-15-6-7-16(12(2)10-15)19-17(21)8-9-20-13(3)11-23-18(20)22/h6-7,10-11,14H,5,8-9H2,1-4H3,(H,19,21).